The van der Waals surface area contributed by atoms with E-state index < -0.39 is 0 Å². The Balaban J connectivity index is 2.11. The van der Waals surface area contributed by atoms with Crippen LogP contribution in [0.4, 0.5) is 4.79 Å². The van der Waals surface area contributed by atoms with Gasteiger partial charge in [-0.25, -0.2) is 0 Å². The third-order valence-electron chi connectivity index (χ3n) is 4.22. The SMILES string of the molecule is Cc1cccc(-n2c(C)cc(/C=C3/SC(=O)NC3=O)c2C)c1C. The zero-order valence-electron chi connectivity index (χ0n) is 13.6. The van der Waals surface area contributed by atoms with Gasteiger partial charge < -0.3 is 4.57 Å². The molecule has 4 nitrogen and oxygen atoms in total. The van der Waals surface area contributed by atoms with E-state index >= 15 is 0 Å². The minimum absolute atomic E-state index is 0.315. The summed E-state index contributed by atoms with van der Waals surface area (Å²) < 4.78 is 2.19. The molecule has 2 amide bonds. The van der Waals surface area contributed by atoms with E-state index in [1.165, 1.54) is 11.1 Å². The van der Waals surface area contributed by atoms with Crippen LogP contribution >= 0.6 is 11.8 Å². The Bertz CT molecular complexity index is 862. The number of imide groups is 1. The molecule has 2 heterocycles. The molecule has 0 bridgehead atoms. The number of aryl methyl sites for hydroxylation is 2. The summed E-state index contributed by atoms with van der Waals surface area (Å²) >= 11 is 0.946. The lowest BCUT2D eigenvalue weighted by atomic mass is 10.1. The molecule has 1 aromatic carbocycles. The molecule has 23 heavy (non-hydrogen) atoms. The fourth-order valence-electron chi connectivity index (χ4n) is 2.84. The lowest BCUT2D eigenvalue weighted by molar-refractivity contribution is -0.115. The summed E-state index contributed by atoms with van der Waals surface area (Å²) in [5.74, 6) is -0.323. The van der Waals surface area contributed by atoms with Crippen LogP contribution in [0.15, 0.2) is 29.2 Å². The van der Waals surface area contributed by atoms with Gasteiger partial charge in [-0.2, -0.15) is 0 Å². The summed E-state index contributed by atoms with van der Waals surface area (Å²) in [6.07, 6.45) is 1.79. The van der Waals surface area contributed by atoms with E-state index in [0.29, 0.717) is 4.91 Å². The first kappa shape index (κ1) is 15.6. The van der Waals surface area contributed by atoms with Crippen LogP contribution < -0.4 is 5.32 Å². The van der Waals surface area contributed by atoms with Gasteiger partial charge in [0.15, 0.2) is 0 Å². The monoisotopic (exact) mass is 326 g/mol. The van der Waals surface area contributed by atoms with Crippen molar-refractivity contribution in [2.75, 3.05) is 0 Å². The molecule has 0 atom stereocenters. The second kappa shape index (κ2) is 5.74. The predicted octanol–water partition coefficient (Wildman–Crippen LogP) is 4.03. The molecule has 1 aliphatic rings. The molecule has 0 unspecified atom stereocenters. The first-order valence-corrected chi connectivity index (χ1v) is 8.20. The second-order valence-electron chi connectivity index (χ2n) is 5.73. The summed E-state index contributed by atoms with van der Waals surface area (Å²) in [5.41, 5.74) is 6.72. The summed E-state index contributed by atoms with van der Waals surface area (Å²) in [4.78, 5) is 23.5. The number of carbonyl (C=O) groups is 2. The number of carbonyl (C=O) groups excluding carboxylic acids is 2. The molecule has 0 aliphatic carbocycles. The van der Waals surface area contributed by atoms with E-state index in [4.69, 9.17) is 0 Å². The van der Waals surface area contributed by atoms with E-state index in [2.05, 4.69) is 35.9 Å². The quantitative estimate of drug-likeness (QED) is 0.848. The number of benzene rings is 1. The van der Waals surface area contributed by atoms with Crippen molar-refractivity contribution in [2.45, 2.75) is 27.7 Å². The fraction of sp³-hybridized carbons (Fsp3) is 0.222. The smallest absolute Gasteiger partial charge is 0.290 e. The van der Waals surface area contributed by atoms with Gasteiger partial charge >= 0.3 is 0 Å². The number of amides is 2. The molecule has 118 valence electrons. The summed E-state index contributed by atoms with van der Waals surface area (Å²) in [7, 11) is 0. The van der Waals surface area contributed by atoms with Gasteiger partial charge in [-0.1, -0.05) is 12.1 Å². The highest BCUT2D eigenvalue weighted by molar-refractivity contribution is 8.18. The van der Waals surface area contributed by atoms with Gasteiger partial charge in [0.1, 0.15) is 0 Å². The number of nitrogens with one attached hydrogen (secondary N) is 1. The standard InChI is InChI=1S/C18H18N2O2S/c1-10-6-5-7-15(12(10)3)20-11(2)8-14(13(20)4)9-16-17(21)19-18(22)23-16/h5-9H,1-4H3,(H,19,21,22)/b16-9+. The number of rotatable bonds is 2. The molecule has 0 saturated carbocycles. The zero-order valence-corrected chi connectivity index (χ0v) is 14.4. The Morgan fingerprint density at radius 3 is 2.52 bits per heavy atom. The van der Waals surface area contributed by atoms with Crippen molar-refractivity contribution >= 4 is 29.0 Å². The van der Waals surface area contributed by atoms with Crippen molar-refractivity contribution in [3.05, 3.63) is 57.2 Å². The maximum absolute atomic E-state index is 11.7. The minimum atomic E-state index is -0.323. The topological polar surface area (TPSA) is 51.1 Å². The Kier molecular flexibility index (Phi) is 3.90. The summed E-state index contributed by atoms with van der Waals surface area (Å²) in [5, 5.41) is 1.97. The van der Waals surface area contributed by atoms with E-state index in [1.807, 2.05) is 26.0 Å². The van der Waals surface area contributed by atoms with Gasteiger partial charge in [0.25, 0.3) is 11.1 Å². The van der Waals surface area contributed by atoms with Crippen LogP contribution in [-0.4, -0.2) is 15.7 Å². The van der Waals surface area contributed by atoms with Crippen LogP contribution in [0.5, 0.6) is 0 Å². The Hall–Kier alpha value is -2.27. The van der Waals surface area contributed by atoms with Gasteiger partial charge in [-0.15, -0.1) is 0 Å². The van der Waals surface area contributed by atoms with Gasteiger partial charge in [0, 0.05) is 17.1 Å². The third kappa shape index (κ3) is 2.72. The van der Waals surface area contributed by atoms with Crippen molar-refractivity contribution in [2.24, 2.45) is 0 Å². The van der Waals surface area contributed by atoms with Crippen LogP contribution in [0.1, 0.15) is 28.1 Å². The number of thioether (sulfide) groups is 1. The van der Waals surface area contributed by atoms with Gasteiger partial charge in [-0.3, -0.25) is 14.9 Å². The molecule has 5 heteroatoms. The lowest BCUT2D eigenvalue weighted by Crippen LogP contribution is -2.17. The molecule has 1 aromatic heterocycles. The molecule has 1 aliphatic heterocycles. The van der Waals surface area contributed by atoms with Crippen LogP contribution in [0, 0.1) is 27.7 Å². The van der Waals surface area contributed by atoms with Gasteiger partial charge in [0.05, 0.1) is 4.91 Å². The zero-order chi connectivity index (χ0) is 16.7. The highest BCUT2D eigenvalue weighted by atomic mass is 32.2. The van der Waals surface area contributed by atoms with Gasteiger partial charge in [-0.05, 0) is 74.4 Å². The fourth-order valence-corrected chi connectivity index (χ4v) is 3.52. The largest absolute Gasteiger partial charge is 0.318 e. The second-order valence-corrected chi connectivity index (χ2v) is 6.75. The van der Waals surface area contributed by atoms with Crippen LogP contribution in [0.3, 0.4) is 0 Å². The predicted molar refractivity (Wildman–Crippen MR) is 93.8 cm³/mol. The van der Waals surface area contributed by atoms with E-state index in [-0.39, 0.29) is 11.1 Å². The normalized spacial score (nSPS) is 16.3. The van der Waals surface area contributed by atoms with Crippen LogP contribution in [0.2, 0.25) is 0 Å². The van der Waals surface area contributed by atoms with E-state index in [1.54, 1.807) is 6.08 Å². The average Bonchev–Trinajstić information content (AvgIpc) is 2.94. The number of hydrogen-bond donors (Lipinski definition) is 1. The first-order valence-electron chi connectivity index (χ1n) is 7.39. The Labute approximate surface area is 139 Å². The maximum Gasteiger partial charge on any atom is 0.290 e. The summed E-state index contributed by atoms with van der Waals surface area (Å²) in [6, 6.07) is 8.29. The molecule has 1 N–H and O–H groups in total. The lowest BCUT2D eigenvalue weighted by Gasteiger charge is -2.14. The van der Waals surface area contributed by atoms with E-state index in [9.17, 15) is 9.59 Å². The average molecular weight is 326 g/mol. The Morgan fingerprint density at radius 1 is 1.13 bits per heavy atom. The molecule has 2 aromatic rings. The van der Waals surface area contributed by atoms with Crippen molar-refractivity contribution in [3.8, 4) is 5.69 Å². The number of aromatic nitrogens is 1. The minimum Gasteiger partial charge on any atom is -0.318 e. The number of hydrogen-bond acceptors (Lipinski definition) is 3. The molecule has 0 spiro atoms. The number of nitrogens with zero attached hydrogens (tertiary/aromatic N) is 1. The third-order valence-corrected chi connectivity index (χ3v) is 5.03. The first-order chi connectivity index (χ1) is 10.9. The molecule has 0 radical (unpaired) electrons. The van der Waals surface area contributed by atoms with Crippen LogP contribution in [-0.2, 0) is 4.79 Å². The molecule has 1 fully saturated rings. The van der Waals surface area contributed by atoms with Crippen LogP contribution in [0.25, 0.3) is 11.8 Å². The highest BCUT2D eigenvalue weighted by Crippen LogP contribution is 2.30. The highest BCUT2D eigenvalue weighted by Gasteiger charge is 2.25. The maximum atomic E-state index is 11.7. The van der Waals surface area contributed by atoms with Crippen molar-refractivity contribution in [1.82, 2.24) is 9.88 Å². The van der Waals surface area contributed by atoms with Crippen molar-refractivity contribution in [3.63, 3.8) is 0 Å². The van der Waals surface area contributed by atoms with Crippen molar-refractivity contribution in [1.29, 1.82) is 0 Å². The molecular weight excluding hydrogens is 308 g/mol. The molecular formula is C18H18N2O2S. The summed E-state index contributed by atoms with van der Waals surface area (Å²) in [6.45, 7) is 8.28. The Morgan fingerprint density at radius 2 is 1.87 bits per heavy atom. The molecule has 1 saturated heterocycles. The molecule has 3 rings (SSSR count). The van der Waals surface area contributed by atoms with Gasteiger partial charge in [0.2, 0.25) is 0 Å². The van der Waals surface area contributed by atoms with E-state index in [0.717, 1.165) is 34.4 Å². The van der Waals surface area contributed by atoms with Crippen molar-refractivity contribution < 1.29 is 9.59 Å².